The van der Waals surface area contributed by atoms with E-state index in [1.54, 1.807) is 6.07 Å². The van der Waals surface area contributed by atoms with Crippen molar-refractivity contribution >= 4 is 0 Å². The van der Waals surface area contributed by atoms with Gasteiger partial charge in [-0.1, -0.05) is 19.9 Å². The summed E-state index contributed by atoms with van der Waals surface area (Å²) in [5.74, 6) is 0.588. The molecule has 0 amide bonds. The minimum Gasteiger partial charge on any atom is -0.504 e. The second kappa shape index (κ2) is 9.92. The van der Waals surface area contributed by atoms with E-state index in [0.717, 1.165) is 50.8 Å². The van der Waals surface area contributed by atoms with E-state index < -0.39 is 18.5 Å². The number of phenolic OH excluding ortho intramolecular Hbond substituents is 1. The molecule has 1 aliphatic carbocycles. The zero-order valence-electron chi connectivity index (χ0n) is 17.1. The van der Waals surface area contributed by atoms with Gasteiger partial charge in [0, 0.05) is 24.4 Å². The van der Waals surface area contributed by atoms with Gasteiger partial charge in [-0.3, -0.25) is 0 Å². The van der Waals surface area contributed by atoms with E-state index in [-0.39, 0.29) is 12.4 Å². The van der Waals surface area contributed by atoms with Gasteiger partial charge in [-0.25, -0.2) is 0 Å². The van der Waals surface area contributed by atoms with Crippen LogP contribution in [0.2, 0.25) is 0 Å². The van der Waals surface area contributed by atoms with Crippen LogP contribution in [0.25, 0.3) is 0 Å². The number of aliphatic hydroxyl groups excluding tert-OH is 2. The summed E-state index contributed by atoms with van der Waals surface area (Å²) >= 11 is 0. The Morgan fingerprint density at radius 3 is 2.61 bits per heavy atom. The number of hydrogen-bond donors (Lipinski definition) is 3. The molecule has 0 unspecified atom stereocenters. The molecule has 3 rings (SSSR count). The van der Waals surface area contributed by atoms with Gasteiger partial charge < -0.3 is 29.7 Å². The average Bonchev–Trinajstić information content (AvgIpc) is 2.69. The number of aromatic hydroxyl groups is 1. The SMILES string of the molecule is CCCN(CCC)[C@H]1CCc2c(ccc(O[C@H]3C[C@@H](O)C[C@@H](CO)O3)c2O)C1. The predicted molar refractivity (Wildman–Crippen MR) is 108 cm³/mol. The molecule has 1 aromatic carbocycles. The van der Waals surface area contributed by atoms with Gasteiger partial charge in [0.25, 0.3) is 0 Å². The van der Waals surface area contributed by atoms with E-state index in [4.69, 9.17) is 9.47 Å². The molecule has 1 aromatic rings. The molecule has 6 nitrogen and oxygen atoms in total. The molecule has 0 bridgehead atoms. The minimum absolute atomic E-state index is 0.152. The number of rotatable bonds is 8. The predicted octanol–water partition coefficient (Wildman–Crippen LogP) is 2.61. The van der Waals surface area contributed by atoms with Crippen LogP contribution in [-0.4, -0.2) is 64.5 Å². The molecule has 0 spiro atoms. The Bertz CT molecular complexity index is 632. The Kier molecular flexibility index (Phi) is 7.57. The highest BCUT2D eigenvalue weighted by molar-refractivity contribution is 5.51. The van der Waals surface area contributed by atoms with Crippen molar-refractivity contribution in [2.45, 2.75) is 83.3 Å². The lowest BCUT2D eigenvalue weighted by Gasteiger charge is -2.36. The molecule has 1 aliphatic heterocycles. The smallest absolute Gasteiger partial charge is 0.202 e. The quantitative estimate of drug-likeness (QED) is 0.630. The summed E-state index contributed by atoms with van der Waals surface area (Å²) in [6.45, 7) is 6.53. The molecule has 2 aliphatic rings. The molecular weight excluding hydrogens is 358 g/mol. The summed E-state index contributed by atoms with van der Waals surface area (Å²) < 4.78 is 11.5. The van der Waals surface area contributed by atoms with Gasteiger partial charge in [0.2, 0.25) is 6.29 Å². The summed E-state index contributed by atoms with van der Waals surface area (Å²) in [6.07, 6.45) is 4.21. The summed E-state index contributed by atoms with van der Waals surface area (Å²) in [5.41, 5.74) is 2.16. The molecule has 1 fully saturated rings. The van der Waals surface area contributed by atoms with Crippen molar-refractivity contribution in [2.24, 2.45) is 0 Å². The van der Waals surface area contributed by atoms with Crippen LogP contribution in [0.15, 0.2) is 12.1 Å². The Morgan fingerprint density at radius 2 is 1.93 bits per heavy atom. The molecule has 4 atom stereocenters. The fourth-order valence-electron chi connectivity index (χ4n) is 4.53. The number of benzene rings is 1. The first-order valence-electron chi connectivity index (χ1n) is 10.7. The number of hydrogen-bond acceptors (Lipinski definition) is 6. The standard InChI is InChI=1S/C22H35NO5/c1-3-9-23(10-4-2)16-6-7-19-15(11-16)5-8-20(22(19)26)28-21-13-17(25)12-18(14-24)27-21/h5,8,16-18,21,24-26H,3-4,6-7,9-14H2,1-2H3/t16-,17-,18-,21-/m0/s1. The van der Waals surface area contributed by atoms with E-state index in [0.29, 0.717) is 24.6 Å². The van der Waals surface area contributed by atoms with Crippen LogP contribution >= 0.6 is 0 Å². The van der Waals surface area contributed by atoms with Gasteiger partial charge in [-0.15, -0.1) is 0 Å². The molecule has 158 valence electrons. The topological polar surface area (TPSA) is 82.4 Å². The third-order valence-corrected chi connectivity index (χ3v) is 5.87. The lowest BCUT2D eigenvalue weighted by Crippen LogP contribution is -2.41. The normalized spacial score (nSPS) is 27.6. The van der Waals surface area contributed by atoms with Gasteiger partial charge in [0.1, 0.15) is 0 Å². The second-order valence-corrected chi connectivity index (χ2v) is 8.10. The second-order valence-electron chi connectivity index (χ2n) is 8.10. The lowest BCUT2D eigenvalue weighted by molar-refractivity contribution is -0.185. The highest BCUT2D eigenvalue weighted by Crippen LogP contribution is 2.39. The van der Waals surface area contributed by atoms with E-state index in [1.807, 2.05) is 0 Å². The largest absolute Gasteiger partial charge is 0.504 e. The number of aliphatic hydroxyl groups is 2. The maximum Gasteiger partial charge on any atom is 0.202 e. The number of ether oxygens (including phenoxy) is 2. The Labute approximate surface area is 168 Å². The van der Waals surface area contributed by atoms with Crippen molar-refractivity contribution in [3.05, 3.63) is 23.3 Å². The first-order valence-corrected chi connectivity index (χ1v) is 10.7. The van der Waals surface area contributed by atoms with Gasteiger partial charge in [-0.05, 0) is 56.8 Å². The molecule has 6 heteroatoms. The number of fused-ring (bicyclic) bond motifs is 1. The van der Waals surface area contributed by atoms with Crippen LogP contribution in [0.1, 0.15) is 57.1 Å². The Hall–Kier alpha value is -1.34. The van der Waals surface area contributed by atoms with Crippen molar-refractivity contribution < 1.29 is 24.8 Å². The van der Waals surface area contributed by atoms with E-state index in [2.05, 4.69) is 24.8 Å². The molecule has 0 aromatic heterocycles. The van der Waals surface area contributed by atoms with Crippen molar-refractivity contribution in [2.75, 3.05) is 19.7 Å². The monoisotopic (exact) mass is 393 g/mol. The highest BCUT2D eigenvalue weighted by atomic mass is 16.7. The summed E-state index contributed by atoms with van der Waals surface area (Å²) in [5, 5.41) is 30.0. The molecule has 28 heavy (non-hydrogen) atoms. The summed E-state index contributed by atoms with van der Waals surface area (Å²) in [7, 11) is 0. The zero-order valence-corrected chi connectivity index (χ0v) is 17.1. The number of nitrogens with zero attached hydrogens (tertiary/aromatic N) is 1. The Balaban J connectivity index is 1.70. The van der Waals surface area contributed by atoms with Crippen LogP contribution in [-0.2, 0) is 17.6 Å². The molecule has 1 heterocycles. The zero-order chi connectivity index (χ0) is 20.1. The summed E-state index contributed by atoms with van der Waals surface area (Å²) in [4.78, 5) is 2.58. The fraction of sp³-hybridized carbons (Fsp3) is 0.727. The molecule has 3 N–H and O–H groups in total. The van der Waals surface area contributed by atoms with Crippen LogP contribution in [0, 0.1) is 0 Å². The molecule has 0 saturated carbocycles. The van der Waals surface area contributed by atoms with Crippen LogP contribution in [0.3, 0.4) is 0 Å². The van der Waals surface area contributed by atoms with Crippen LogP contribution < -0.4 is 4.74 Å². The van der Waals surface area contributed by atoms with Gasteiger partial charge >= 0.3 is 0 Å². The van der Waals surface area contributed by atoms with E-state index in [9.17, 15) is 15.3 Å². The first kappa shape index (κ1) is 21.4. The maximum atomic E-state index is 10.8. The van der Waals surface area contributed by atoms with Crippen molar-refractivity contribution in [1.82, 2.24) is 4.90 Å². The van der Waals surface area contributed by atoms with Crippen LogP contribution in [0.4, 0.5) is 0 Å². The third-order valence-electron chi connectivity index (χ3n) is 5.87. The van der Waals surface area contributed by atoms with E-state index >= 15 is 0 Å². The fourth-order valence-corrected chi connectivity index (χ4v) is 4.53. The third kappa shape index (κ3) is 4.98. The van der Waals surface area contributed by atoms with Gasteiger partial charge in [0.15, 0.2) is 11.5 Å². The molecule has 0 radical (unpaired) electrons. The van der Waals surface area contributed by atoms with Gasteiger partial charge in [0.05, 0.1) is 18.8 Å². The summed E-state index contributed by atoms with van der Waals surface area (Å²) in [6, 6.07) is 4.38. The van der Waals surface area contributed by atoms with Crippen LogP contribution in [0.5, 0.6) is 11.5 Å². The van der Waals surface area contributed by atoms with Crippen molar-refractivity contribution in [1.29, 1.82) is 0 Å². The average molecular weight is 394 g/mol. The lowest BCUT2D eigenvalue weighted by atomic mass is 9.86. The first-order chi connectivity index (χ1) is 13.5. The maximum absolute atomic E-state index is 10.8. The van der Waals surface area contributed by atoms with Crippen molar-refractivity contribution in [3.63, 3.8) is 0 Å². The van der Waals surface area contributed by atoms with E-state index in [1.165, 1.54) is 5.56 Å². The van der Waals surface area contributed by atoms with Gasteiger partial charge in [-0.2, -0.15) is 0 Å². The molecule has 1 saturated heterocycles. The number of phenols is 1. The molecular formula is C22H35NO5. The highest BCUT2D eigenvalue weighted by Gasteiger charge is 2.31. The van der Waals surface area contributed by atoms with Crippen molar-refractivity contribution in [3.8, 4) is 11.5 Å². The minimum atomic E-state index is -0.661. The Morgan fingerprint density at radius 1 is 1.18 bits per heavy atom.